The fraction of sp³-hybridized carbons (Fsp3) is 0.348. The molecule has 0 atom stereocenters. The number of rotatable bonds is 6. The summed E-state index contributed by atoms with van der Waals surface area (Å²) < 4.78 is 27.8. The molecule has 0 spiro atoms. The number of aryl methyl sites for hydroxylation is 1. The van der Waals surface area contributed by atoms with Crippen LogP contribution in [0.25, 0.3) is 10.8 Å². The number of fused-ring (bicyclic) bond motifs is 1. The molecule has 0 unspecified atom stereocenters. The van der Waals surface area contributed by atoms with Crippen molar-refractivity contribution in [2.24, 2.45) is 4.99 Å². The smallest absolute Gasteiger partial charge is 0.320 e. The number of nitrogens with zero attached hydrogens (tertiary/aromatic N) is 3. The van der Waals surface area contributed by atoms with Gasteiger partial charge >= 0.3 is 5.91 Å². The van der Waals surface area contributed by atoms with E-state index in [0.717, 1.165) is 22.1 Å². The number of sulfone groups is 1. The van der Waals surface area contributed by atoms with Crippen molar-refractivity contribution in [3.8, 4) is 0 Å². The van der Waals surface area contributed by atoms with E-state index < -0.39 is 15.9 Å². The Morgan fingerprint density at radius 1 is 1.17 bits per heavy atom. The predicted molar refractivity (Wildman–Crippen MR) is 134 cm³/mol. The maximum atomic E-state index is 13.6. The number of amides is 2. The van der Waals surface area contributed by atoms with E-state index >= 15 is 0 Å². The third kappa shape index (κ3) is 5.34. The van der Waals surface area contributed by atoms with Crippen molar-refractivity contribution >= 4 is 60.5 Å². The van der Waals surface area contributed by atoms with Crippen LogP contribution in [0.2, 0.25) is 5.02 Å². The second kappa shape index (κ2) is 10.2. The van der Waals surface area contributed by atoms with E-state index in [9.17, 15) is 23.1 Å². The molecule has 1 saturated heterocycles. The van der Waals surface area contributed by atoms with Crippen LogP contribution in [-0.4, -0.2) is 56.9 Å². The van der Waals surface area contributed by atoms with E-state index in [1.54, 1.807) is 41.1 Å². The number of carboxylic acid groups (broad SMARTS) is 1. The van der Waals surface area contributed by atoms with Crippen molar-refractivity contribution in [2.75, 3.05) is 31.9 Å². The van der Waals surface area contributed by atoms with E-state index in [1.807, 2.05) is 6.92 Å². The lowest BCUT2D eigenvalue weighted by atomic mass is 10.1. The molecule has 12 heteroatoms. The van der Waals surface area contributed by atoms with Gasteiger partial charge in [-0.2, -0.15) is 0 Å². The van der Waals surface area contributed by atoms with Crippen LogP contribution in [-0.2, 0) is 21.2 Å². The number of piperazine rings is 1. The van der Waals surface area contributed by atoms with E-state index in [2.05, 4.69) is 10.3 Å². The van der Waals surface area contributed by atoms with Crippen molar-refractivity contribution in [1.82, 2.24) is 14.4 Å². The van der Waals surface area contributed by atoms with Crippen LogP contribution in [0.5, 0.6) is 0 Å². The standard InChI is InChI=1S/C23H25ClN4O5S2/c1-2-27-15-21(34-22(27)26-23(30)31)28(10-8-25-9-11-28)20(29)7-12-35(32,33)19-6-4-16-13-18(24)5-3-17(16)14-19/h3-6,13-15,25H,2,7-12H2,1H3/b26-22-. The number of carbonyl (C=O) groups is 2. The normalized spacial score (nSPS) is 16.5. The minimum atomic E-state index is -3.71. The largest absolute Gasteiger partial charge is 0.528 e. The van der Waals surface area contributed by atoms with Crippen molar-refractivity contribution in [2.45, 2.75) is 24.8 Å². The van der Waals surface area contributed by atoms with Crippen LogP contribution in [0.4, 0.5) is 9.80 Å². The molecule has 0 bridgehead atoms. The lowest BCUT2D eigenvalue weighted by Crippen LogP contribution is -2.63. The summed E-state index contributed by atoms with van der Waals surface area (Å²) in [6.07, 6.45) is 0.0129. The summed E-state index contributed by atoms with van der Waals surface area (Å²) in [6.45, 7) is 4.33. The van der Waals surface area contributed by atoms with E-state index in [0.29, 0.717) is 42.7 Å². The minimum absolute atomic E-state index is 0.0496. The van der Waals surface area contributed by atoms with Gasteiger partial charge in [-0.15, -0.1) is 0 Å². The zero-order valence-electron chi connectivity index (χ0n) is 19.1. The Balaban J connectivity index is 1.62. The SMILES string of the molecule is CCn1cc([N+]2(C(=O)CCS(=O)(=O)c3ccc4cc(Cl)ccc4c3)CCNCC2)s/c1=N\C(=O)[O-]. The van der Waals surface area contributed by atoms with Crippen LogP contribution in [0.3, 0.4) is 0 Å². The third-order valence-electron chi connectivity index (χ3n) is 6.19. The number of nitrogens with one attached hydrogen (secondary N) is 1. The molecule has 1 N–H and O–H groups in total. The van der Waals surface area contributed by atoms with Gasteiger partial charge in [0.2, 0.25) is 5.00 Å². The molecule has 1 aliphatic rings. The van der Waals surface area contributed by atoms with Crippen LogP contribution in [0.15, 0.2) is 52.5 Å². The van der Waals surface area contributed by atoms with Gasteiger partial charge in [0.05, 0.1) is 23.3 Å². The fourth-order valence-corrected chi connectivity index (χ4v) is 6.95. The summed E-state index contributed by atoms with van der Waals surface area (Å²) in [5.41, 5.74) is 0. The first kappa shape index (κ1) is 25.5. The van der Waals surface area contributed by atoms with Gasteiger partial charge in [-0.3, -0.25) is 0 Å². The first-order chi connectivity index (χ1) is 16.6. The van der Waals surface area contributed by atoms with E-state index in [4.69, 9.17) is 11.6 Å². The number of hydrogen-bond donors (Lipinski definition) is 1. The van der Waals surface area contributed by atoms with Crippen LogP contribution >= 0.6 is 22.9 Å². The van der Waals surface area contributed by atoms with Gasteiger partial charge in [0.15, 0.2) is 20.7 Å². The van der Waals surface area contributed by atoms with E-state index in [1.165, 1.54) is 6.07 Å². The quantitative estimate of drug-likeness (QED) is 0.480. The highest BCUT2D eigenvalue weighted by molar-refractivity contribution is 7.91. The summed E-state index contributed by atoms with van der Waals surface area (Å²) >= 11 is 7.13. The molecule has 1 aliphatic heterocycles. The highest BCUT2D eigenvalue weighted by atomic mass is 35.5. The maximum absolute atomic E-state index is 13.6. The summed E-state index contributed by atoms with van der Waals surface area (Å²) in [4.78, 5) is 28.5. The van der Waals surface area contributed by atoms with Gasteiger partial charge in [0, 0.05) is 24.7 Å². The number of benzene rings is 2. The number of hydrogen-bond acceptors (Lipinski definition) is 7. The Kier molecular flexibility index (Phi) is 7.43. The molecule has 2 aromatic carbocycles. The van der Waals surface area contributed by atoms with Gasteiger partial charge in [-0.05, 0) is 53.3 Å². The molecule has 3 aromatic rings. The Morgan fingerprint density at radius 3 is 2.54 bits per heavy atom. The number of carbonyl (C=O) groups excluding carboxylic acids is 2. The second-order valence-corrected chi connectivity index (χ2v) is 11.8. The molecule has 9 nitrogen and oxygen atoms in total. The van der Waals surface area contributed by atoms with Crippen LogP contribution in [0, 0.1) is 0 Å². The molecule has 4 rings (SSSR count). The molecule has 0 saturated carbocycles. The van der Waals surface area contributed by atoms with Crippen LogP contribution in [0.1, 0.15) is 13.3 Å². The molecule has 0 aliphatic carbocycles. The predicted octanol–water partition coefficient (Wildman–Crippen LogP) is 1.92. The topological polar surface area (TPSA) is 121 Å². The molecular formula is C23H25ClN4O5S2. The monoisotopic (exact) mass is 536 g/mol. The zero-order valence-corrected chi connectivity index (χ0v) is 21.5. The third-order valence-corrected chi connectivity index (χ3v) is 9.31. The summed E-state index contributed by atoms with van der Waals surface area (Å²) in [5.74, 6) is -0.555. The fourth-order valence-electron chi connectivity index (χ4n) is 4.27. The Bertz CT molecular complexity index is 1460. The summed E-state index contributed by atoms with van der Waals surface area (Å²) in [7, 11) is -3.71. The van der Waals surface area contributed by atoms with E-state index in [-0.39, 0.29) is 32.3 Å². The van der Waals surface area contributed by atoms with Crippen molar-refractivity contribution in [1.29, 1.82) is 0 Å². The highest BCUT2D eigenvalue weighted by Gasteiger charge is 2.42. The Morgan fingerprint density at radius 2 is 1.86 bits per heavy atom. The molecule has 1 fully saturated rings. The average Bonchev–Trinajstić information content (AvgIpc) is 3.25. The first-order valence-electron chi connectivity index (χ1n) is 11.1. The number of halogens is 1. The molecule has 2 heterocycles. The van der Waals surface area contributed by atoms with Crippen molar-refractivity contribution in [3.63, 3.8) is 0 Å². The lowest BCUT2D eigenvalue weighted by molar-refractivity contribution is -0.245. The number of quaternary nitrogens is 1. The molecular weight excluding hydrogens is 512 g/mol. The summed E-state index contributed by atoms with van der Waals surface area (Å²) in [5, 5.41) is 17.1. The van der Waals surface area contributed by atoms with Crippen molar-refractivity contribution < 1.29 is 23.1 Å². The molecule has 0 radical (unpaired) electrons. The molecule has 1 aromatic heterocycles. The van der Waals surface area contributed by atoms with Gasteiger partial charge in [0.25, 0.3) is 0 Å². The number of thiazole rings is 1. The first-order valence-corrected chi connectivity index (χ1v) is 14.0. The maximum Gasteiger partial charge on any atom is 0.320 e. The molecule has 35 heavy (non-hydrogen) atoms. The Hall–Kier alpha value is -2.57. The van der Waals surface area contributed by atoms with Gasteiger partial charge in [0.1, 0.15) is 13.1 Å². The second-order valence-electron chi connectivity index (χ2n) is 8.30. The summed E-state index contributed by atoms with van der Waals surface area (Å²) in [6, 6.07) is 10.1. The van der Waals surface area contributed by atoms with Gasteiger partial charge in [-0.1, -0.05) is 23.7 Å². The van der Waals surface area contributed by atoms with Gasteiger partial charge in [-0.25, -0.2) is 22.7 Å². The molecule has 186 valence electrons. The van der Waals surface area contributed by atoms with Gasteiger partial charge < -0.3 is 19.8 Å². The lowest BCUT2D eigenvalue weighted by Gasteiger charge is -2.37. The minimum Gasteiger partial charge on any atom is -0.528 e. The highest BCUT2D eigenvalue weighted by Crippen LogP contribution is 2.30. The van der Waals surface area contributed by atoms with Crippen LogP contribution < -0.4 is 19.7 Å². The average molecular weight is 537 g/mol. The Labute approximate surface area is 211 Å². The van der Waals surface area contributed by atoms with Crippen molar-refractivity contribution in [3.05, 3.63) is 52.4 Å². The number of aromatic nitrogens is 1. The zero-order chi connectivity index (χ0) is 25.2. The molecule has 2 amide bonds.